The zero-order valence-corrected chi connectivity index (χ0v) is 9.75. The smallest absolute Gasteiger partial charge is 0.337 e. The number of para-hydroxylation sites is 1. The van der Waals surface area contributed by atoms with Crippen molar-refractivity contribution in [2.75, 3.05) is 5.32 Å². The molecule has 0 aromatic heterocycles. The first kappa shape index (κ1) is 13.9. The minimum Gasteiger partial charge on any atom is -0.478 e. The molecule has 104 valence electrons. The van der Waals surface area contributed by atoms with Gasteiger partial charge in [0.15, 0.2) is 17.5 Å². The molecule has 0 amide bonds. The van der Waals surface area contributed by atoms with Gasteiger partial charge in [-0.3, -0.25) is 0 Å². The Hall–Kier alpha value is -2.57. The zero-order chi connectivity index (χ0) is 14.9. The summed E-state index contributed by atoms with van der Waals surface area (Å²) in [7, 11) is 0. The van der Waals surface area contributed by atoms with Crippen LogP contribution in [0.15, 0.2) is 30.3 Å². The normalized spacial score (nSPS) is 10.4. The molecule has 0 spiro atoms. The van der Waals surface area contributed by atoms with E-state index in [9.17, 15) is 22.4 Å². The first-order valence-corrected chi connectivity index (χ1v) is 5.33. The first-order valence-electron chi connectivity index (χ1n) is 5.33. The molecular weight excluding hydrogens is 278 g/mol. The summed E-state index contributed by atoms with van der Waals surface area (Å²) in [6.07, 6.45) is 0. The maximum absolute atomic E-state index is 13.6. The summed E-state index contributed by atoms with van der Waals surface area (Å²) in [6, 6.07) is 4.46. The van der Waals surface area contributed by atoms with Crippen LogP contribution >= 0.6 is 0 Å². The predicted molar refractivity (Wildman–Crippen MR) is 63.0 cm³/mol. The lowest BCUT2D eigenvalue weighted by Crippen LogP contribution is -2.05. The molecule has 0 fully saturated rings. The van der Waals surface area contributed by atoms with Crippen LogP contribution in [0.5, 0.6) is 0 Å². The fraction of sp³-hybridized carbons (Fsp3) is 0. The molecule has 0 saturated carbocycles. The molecule has 20 heavy (non-hydrogen) atoms. The maximum Gasteiger partial charge on any atom is 0.337 e. The second-order valence-electron chi connectivity index (χ2n) is 3.85. The van der Waals surface area contributed by atoms with E-state index in [0.717, 1.165) is 12.1 Å². The maximum atomic E-state index is 13.6. The van der Waals surface area contributed by atoms with Crippen LogP contribution in [0, 0.1) is 23.3 Å². The van der Waals surface area contributed by atoms with Gasteiger partial charge in [0.25, 0.3) is 0 Å². The van der Waals surface area contributed by atoms with Gasteiger partial charge < -0.3 is 10.4 Å². The van der Waals surface area contributed by atoms with Crippen molar-refractivity contribution in [1.82, 2.24) is 0 Å². The fourth-order valence-corrected chi connectivity index (χ4v) is 1.60. The van der Waals surface area contributed by atoms with E-state index >= 15 is 0 Å². The Bertz CT molecular complexity index is 665. The number of nitrogens with one attached hydrogen (secondary N) is 1. The third-order valence-electron chi connectivity index (χ3n) is 2.50. The average Bonchev–Trinajstić information content (AvgIpc) is 2.38. The standard InChI is InChI=1S/C13H7F4NO2/c14-8-3-1-2-7(13(19)20)12(8)18-6-4-9(15)11(17)10(16)5-6/h1-5,18H,(H,19,20). The highest BCUT2D eigenvalue weighted by Crippen LogP contribution is 2.26. The largest absolute Gasteiger partial charge is 0.478 e. The topological polar surface area (TPSA) is 49.3 Å². The first-order chi connectivity index (χ1) is 9.40. The Morgan fingerprint density at radius 2 is 1.60 bits per heavy atom. The second kappa shape index (κ2) is 5.20. The van der Waals surface area contributed by atoms with Gasteiger partial charge in [0.2, 0.25) is 0 Å². The number of carboxylic acids is 1. The number of halogens is 4. The van der Waals surface area contributed by atoms with Gasteiger partial charge in [0, 0.05) is 17.8 Å². The molecule has 0 aliphatic carbocycles. The molecule has 2 rings (SSSR count). The molecule has 0 unspecified atom stereocenters. The van der Waals surface area contributed by atoms with Crippen LogP contribution in [0.3, 0.4) is 0 Å². The molecule has 0 atom stereocenters. The molecule has 0 saturated heterocycles. The Labute approximate surface area is 110 Å². The zero-order valence-electron chi connectivity index (χ0n) is 9.75. The Morgan fingerprint density at radius 3 is 2.15 bits per heavy atom. The van der Waals surface area contributed by atoms with Gasteiger partial charge in [-0.1, -0.05) is 6.07 Å². The van der Waals surface area contributed by atoms with Gasteiger partial charge in [-0.25, -0.2) is 22.4 Å². The summed E-state index contributed by atoms with van der Waals surface area (Å²) >= 11 is 0. The van der Waals surface area contributed by atoms with Crippen LogP contribution in [-0.2, 0) is 0 Å². The lowest BCUT2D eigenvalue weighted by Gasteiger charge is -2.11. The van der Waals surface area contributed by atoms with Crippen LogP contribution < -0.4 is 5.32 Å². The third-order valence-corrected chi connectivity index (χ3v) is 2.50. The van der Waals surface area contributed by atoms with E-state index in [1.807, 2.05) is 0 Å². The number of hydrogen-bond acceptors (Lipinski definition) is 2. The van der Waals surface area contributed by atoms with Crippen molar-refractivity contribution in [1.29, 1.82) is 0 Å². The summed E-state index contributed by atoms with van der Waals surface area (Å²) in [5.41, 5.74) is -1.20. The van der Waals surface area contributed by atoms with E-state index in [4.69, 9.17) is 5.11 Å². The van der Waals surface area contributed by atoms with Crippen LogP contribution in [0.1, 0.15) is 10.4 Å². The monoisotopic (exact) mass is 285 g/mol. The van der Waals surface area contributed by atoms with E-state index in [1.165, 1.54) is 6.07 Å². The Morgan fingerprint density at radius 1 is 1.00 bits per heavy atom. The van der Waals surface area contributed by atoms with Crippen molar-refractivity contribution in [3.05, 3.63) is 59.2 Å². The van der Waals surface area contributed by atoms with Gasteiger partial charge in [-0.05, 0) is 12.1 Å². The number of carboxylic acid groups (broad SMARTS) is 1. The number of anilines is 2. The van der Waals surface area contributed by atoms with Gasteiger partial charge in [0.05, 0.1) is 11.3 Å². The van der Waals surface area contributed by atoms with E-state index in [2.05, 4.69) is 5.32 Å². The third kappa shape index (κ3) is 2.56. The van der Waals surface area contributed by atoms with Crippen LogP contribution in [0.25, 0.3) is 0 Å². The summed E-state index contributed by atoms with van der Waals surface area (Å²) < 4.78 is 52.5. The number of hydrogen-bond donors (Lipinski definition) is 2. The number of carbonyl (C=O) groups is 1. The van der Waals surface area contributed by atoms with Crippen molar-refractivity contribution in [3.63, 3.8) is 0 Å². The van der Waals surface area contributed by atoms with E-state index < -0.39 is 40.5 Å². The lowest BCUT2D eigenvalue weighted by atomic mass is 10.1. The van der Waals surface area contributed by atoms with Gasteiger partial charge in [-0.2, -0.15) is 0 Å². The highest BCUT2D eigenvalue weighted by atomic mass is 19.2. The molecule has 7 heteroatoms. The Kier molecular flexibility index (Phi) is 3.60. The van der Waals surface area contributed by atoms with Gasteiger partial charge in [-0.15, -0.1) is 0 Å². The average molecular weight is 285 g/mol. The fourth-order valence-electron chi connectivity index (χ4n) is 1.60. The predicted octanol–water partition coefficient (Wildman–Crippen LogP) is 3.68. The molecule has 0 bridgehead atoms. The lowest BCUT2D eigenvalue weighted by molar-refractivity contribution is 0.0697. The minimum atomic E-state index is -1.66. The summed E-state index contributed by atoms with van der Waals surface area (Å²) in [5, 5.41) is 11.1. The van der Waals surface area contributed by atoms with E-state index in [0.29, 0.717) is 12.1 Å². The van der Waals surface area contributed by atoms with E-state index in [-0.39, 0.29) is 5.69 Å². The second-order valence-corrected chi connectivity index (χ2v) is 3.85. The van der Waals surface area contributed by atoms with Crippen LogP contribution in [0.2, 0.25) is 0 Å². The van der Waals surface area contributed by atoms with Gasteiger partial charge >= 0.3 is 5.97 Å². The number of aromatic carboxylic acids is 1. The number of benzene rings is 2. The highest BCUT2D eigenvalue weighted by Gasteiger charge is 2.16. The molecule has 2 N–H and O–H groups in total. The Balaban J connectivity index is 2.47. The molecule has 2 aromatic carbocycles. The quantitative estimate of drug-likeness (QED) is 0.668. The van der Waals surface area contributed by atoms with Crippen molar-refractivity contribution in [2.45, 2.75) is 0 Å². The molecule has 0 radical (unpaired) electrons. The summed E-state index contributed by atoms with van der Waals surface area (Å²) in [5.74, 6) is -6.95. The molecule has 0 heterocycles. The summed E-state index contributed by atoms with van der Waals surface area (Å²) in [6.45, 7) is 0. The molecule has 2 aromatic rings. The van der Waals surface area contributed by atoms with E-state index in [1.54, 1.807) is 0 Å². The SMILES string of the molecule is O=C(O)c1cccc(F)c1Nc1cc(F)c(F)c(F)c1. The minimum absolute atomic E-state index is 0.311. The molecule has 3 nitrogen and oxygen atoms in total. The summed E-state index contributed by atoms with van der Waals surface area (Å²) in [4.78, 5) is 10.9. The van der Waals surface area contributed by atoms with Crippen molar-refractivity contribution >= 4 is 17.3 Å². The van der Waals surface area contributed by atoms with Crippen LogP contribution in [0.4, 0.5) is 28.9 Å². The van der Waals surface area contributed by atoms with Crippen molar-refractivity contribution in [3.8, 4) is 0 Å². The molecule has 0 aliphatic heterocycles. The van der Waals surface area contributed by atoms with Crippen molar-refractivity contribution < 1.29 is 27.5 Å². The van der Waals surface area contributed by atoms with Crippen molar-refractivity contribution in [2.24, 2.45) is 0 Å². The molecule has 0 aliphatic rings. The van der Waals surface area contributed by atoms with Gasteiger partial charge in [0.1, 0.15) is 5.82 Å². The molecular formula is C13H7F4NO2. The number of rotatable bonds is 3. The highest BCUT2D eigenvalue weighted by molar-refractivity contribution is 5.95. The van der Waals surface area contributed by atoms with Crippen LogP contribution in [-0.4, -0.2) is 11.1 Å².